The molecule has 0 radical (unpaired) electrons. The Bertz CT molecular complexity index is 686. The van der Waals surface area contributed by atoms with Gasteiger partial charge >= 0.3 is 0 Å². The van der Waals surface area contributed by atoms with Gasteiger partial charge in [0.05, 0.1) is 19.1 Å². The van der Waals surface area contributed by atoms with Crippen molar-refractivity contribution in [2.75, 3.05) is 32.1 Å². The lowest BCUT2D eigenvalue weighted by atomic mass is 10.1. The van der Waals surface area contributed by atoms with Crippen molar-refractivity contribution in [3.8, 4) is 0 Å². The number of hydrogen-bond donors (Lipinski definition) is 1. The first-order valence-corrected chi connectivity index (χ1v) is 8.42. The smallest absolute Gasteiger partial charge is 0.228 e. The molecule has 5 heteroatoms. The summed E-state index contributed by atoms with van der Waals surface area (Å²) < 4.78 is 5.80. The van der Waals surface area contributed by atoms with E-state index in [0.29, 0.717) is 11.4 Å². The molecule has 0 bridgehead atoms. The van der Waals surface area contributed by atoms with E-state index < -0.39 is 0 Å². The SMILES string of the molecule is CN1CCOC(c2ccc(NC(=O)Cc3ccc(Cl)cc3)cc2)C1. The van der Waals surface area contributed by atoms with Crippen LogP contribution in [0.15, 0.2) is 48.5 Å². The second-order valence-corrected chi connectivity index (χ2v) is 6.53. The van der Waals surface area contributed by atoms with E-state index in [0.717, 1.165) is 36.5 Å². The highest BCUT2D eigenvalue weighted by molar-refractivity contribution is 6.30. The number of hydrogen-bond acceptors (Lipinski definition) is 3. The maximum absolute atomic E-state index is 12.1. The summed E-state index contributed by atoms with van der Waals surface area (Å²) in [6.07, 6.45) is 0.428. The minimum Gasteiger partial charge on any atom is -0.371 e. The number of nitrogens with one attached hydrogen (secondary N) is 1. The van der Waals surface area contributed by atoms with E-state index >= 15 is 0 Å². The van der Waals surface area contributed by atoms with Crippen LogP contribution in [0.25, 0.3) is 0 Å². The molecule has 0 spiro atoms. The number of carbonyl (C=O) groups is 1. The van der Waals surface area contributed by atoms with Gasteiger partial charge in [-0.1, -0.05) is 35.9 Å². The van der Waals surface area contributed by atoms with Gasteiger partial charge in [-0.15, -0.1) is 0 Å². The number of benzene rings is 2. The van der Waals surface area contributed by atoms with E-state index in [4.69, 9.17) is 16.3 Å². The lowest BCUT2D eigenvalue weighted by Gasteiger charge is -2.30. The van der Waals surface area contributed by atoms with E-state index in [1.54, 1.807) is 12.1 Å². The van der Waals surface area contributed by atoms with Gasteiger partial charge in [-0.2, -0.15) is 0 Å². The fourth-order valence-corrected chi connectivity index (χ4v) is 2.88. The first-order valence-electron chi connectivity index (χ1n) is 8.04. The molecule has 0 aliphatic carbocycles. The molecule has 1 N–H and O–H groups in total. The Hall–Kier alpha value is -1.88. The largest absolute Gasteiger partial charge is 0.371 e. The number of anilines is 1. The molecule has 24 heavy (non-hydrogen) atoms. The van der Waals surface area contributed by atoms with Gasteiger partial charge in [0, 0.05) is 23.8 Å². The zero-order chi connectivity index (χ0) is 16.9. The van der Waals surface area contributed by atoms with Crippen molar-refractivity contribution in [2.45, 2.75) is 12.5 Å². The van der Waals surface area contributed by atoms with Crippen molar-refractivity contribution >= 4 is 23.2 Å². The van der Waals surface area contributed by atoms with Gasteiger partial charge < -0.3 is 15.0 Å². The average Bonchev–Trinajstić information content (AvgIpc) is 2.58. The van der Waals surface area contributed by atoms with Gasteiger partial charge in [-0.25, -0.2) is 0 Å². The highest BCUT2D eigenvalue weighted by Crippen LogP contribution is 2.23. The summed E-state index contributed by atoms with van der Waals surface area (Å²) in [4.78, 5) is 14.4. The van der Waals surface area contributed by atoms with E-state index in [1.807, 2.05) is 36.4 Å². The van der Waals surface area contributed by atoms with Crippen LogP contribution in [0.4, 0.5) is 5.69 Å². The summed E-state index contributed by atoms with van der Waals surface area (Å²) in [7, 11) is 2.10. The molecule has 2 aromatic carbocycles. The summed E-state index contributed by atoms with van der Waals surface area (Å²) in [5, 5.41) is 3.59. The third-order valence-electron chi connectivity index (χ3n) is 4.11. The van der Waals surface area contributed by atoms with Crippen LogP contribution < -0.4 is 5.32 Å². The van der Waals surface area contributed by atoms with Gasteiger partial charge in [0.25, 0.3) is 0 Å². The van der Waals surface area contributed by atoms with Crippen LogP contribution in [-0.4, -0.2) is 37.6 Å². The monoisotopic (exact) mass is 344 g/mol. The minimum absolute atomic E-state index is 0.0428. The van der Waals surface area contributed by atoms with Gasteiger partial charge in [-0.05, 0) is 42.4 Å². The standard InChI is InChI=1S/C19H21ClN2O2/c1-22-10-11-24-18(13-22)15-4-8-17(9-5-15)21-19(23)12-14-2-6-16(20)7-3-14/h2-9,18H,10-13H2,1H3,(H,21,23). The van der Waals surface area contributed by atoms with Crippen molar-refractivity contribution in [3.05, 3.63) is 64.7 Å². The fraction of sp³-hybridized carbons (Fsp3) is 0.316. The zero-order valence-corrected chi connectivity index (χ0v) is 14.4. The van der Waals surface area contributed by atoms with Crippen LogP contribution in [0.3, 0.4) is 0 Å². The average molecular weight is 345 g/mol. The van der Waals surface area contributed by atoms with Crippen LogP contribution in [0, 0.1) is 0 Å². The molecule has 1 heterocycles. The number of nitrogens with zero attached hydrogens (tertiary/aromatic N) is 1. The minimum atomic E-state index is -0.0428. The molecule has 3 rings (SSSR count). The molecular weight excluding hydrogens is 324 g/mol. The van der Waals surface area contributed by atoms with E-state index in [-0.39, 0.29) is 12.0 Å². The predicted molar refractivity (Wildman–Crippen MR) is 96.4 cm³/mol. The second kappa shape index (κ2) is 7.79. The van der Waals surface area contributed by atoms with Crippen LogP contribution in [0.1, 0.15) is 17.2 Å². The van der Waals surface area contributed by atoms with Gasteiger partial charge in [0.15, 0.2) is 0 Å². The van der Waals surface area contributed by atoms with E-state index in [9.17, 15) is 4.79 Å². The zero-order valence-electron chi connectivity index (χ0n) is 13.7. The van der Waals surface area contributed by atoms with Crippen molar-refractivity contribution in [1.82, 2.24) is 4.90 Å². The van der Waals surface area contributed by atoms with Gasteiger partial charge in [0.2, 0.25) is 5.91 Å². The summed E-state index contributed by atoms with van der Waals surface area (Å²) in [6, 6.07) is 15.2. The lowest BCUT2D eigenvalue weighted by Crippen LogP contribution is -2.35. The lowest BCUT2D eigenvalue weighted by molar-refractivity contribution is -0.115. The Balaban J connectivity index is 1.57. The number of halogens is 1. The van der Waals surface area contributed by atoms with Gasteiger partial charge in [-0.3, -0.25) is 4.79 Å². The topological polar surface area (TPSA) is 41.6 Å². The third-order valence-corrected chi connectivity index (χ3v) is 4.37. The summed E-state index contributed by atoms with van der Waals surface area (Å²) in [5.74, 6) is -0.0428. The Labute approximate surface area is 147 Å². The van der Waals surface area contributed by atoms with Crippen molar-refractivity contribution in [2.24, 2.45) is 0 Å². The molecule has 1 fully saturated rings. The molecule has 0 saturated carbocycles. The number of rotatable bonds is 4. The Morgan fingerprint density at radius 1 is 1.21 bits per heavy atom. The first-order chi connectivity index (χ1) is 11.6. The predicted octanol–water partition coefficient (Wildman–Crippen LogP) is 3.52. The van der Waals surface area contributed by atoms with Crippen molar-refractivity contribution in [3.63, 3.8) is 0 Å². The number of amides is 1. The maximum atomic E-state index is 12.1. The molecule has 1 saturated heterocycles. The molecule has 1 atom stereocenters. The van der Waals surface area contributed by atoms with Crippen LogP contribution in [0.5, 0.6) is 0 Å². The molecule has 1 amide bonds. The molecule has 0 aromatic heterocycles. The van der Waals surface area contributed by atoms with Gasteiger partial charge in [0.1, 0.15) is 0 Å². The third kappa shape index (κ3) is 4.57. The normalized spacial score (nSPS) is 18.3. The summed E-state index contributed by atoms with van der Waals surface area (Å²) in [5.41, 5.74) is 2.87. The molecular formula is C19H21ClN2O2. The number of likely N-dealkylation sites (N-methyl/N-ethyl adjacent to an activating group) is 1. The Morgan fingerprint density at radius 3 is 2.58 bits per heavy atom. The molecule has 1 aliphatic rings. The summed E-state index contributed by atoms with van der Waals surface area (Å²) in [6.45, 7) is 2.61. The van der Waals surface area contributed by atoms with E-state index in [2.05, 4.69) is 17.3 Å². The van der Waals surface area contributed by atoms with Crippen molar-refractivity contribution < 1.29 is 9.53 Å². The van der Waals surface area contributed by atoms with Crippen LogP contribution in [0.2, 0.25) is 5.02 Å². The number of morpholine rings is 1. The van der Waals surface area contributed by atoms with Crippen LogP contribution in [-0.2, 0) is 16.0 Å². The maximum Gasteiger partial charge on any atom is 0.228 e. The quantitative estimate of drug-likeness (QED) is 0.922. The second-order valence-electron chi connectivity index (χ2n) is 6.10. The fourth-order valence-electron chi connectivity index (χ4n) is 2.75. The number of ether oxygens (including phenoxy) is 1. The first kappa shape index (κ1) is 17.0. The molecule has 126 valence electrons. The van der Waals surface area contributed by atoms with Crippen molar-refractivity contribution in [1.29, 1.82) is 0 Å². The molecule has 1 unspecified atom stereocenters. The molecule has 4 nitrogen and oxygen atoms in total. The molecule has 1 aliphatic heterocycles. The highest BCUT2D eigenvalue weighted by Gasteiger charge is 2.19. The number of carbonyl (C=O) groups excluding carboxylic acids is 1. The highest BCUT2D eigenvalue weighted by atomic mass is 35.5. The van der Waals surface area contributed by atoms with E-state index in [1.165, 1.54) is 0 Å². The van der Waals surface area contributed by atoms with Crippen LogP contribution >= 0.6 is 11.6 Å². The summed E-state index contributed by atoms with van der Waals surface area (Å²) >= 11 is 5.85. The Kier molecular flexibility index (Phi) is 5.51. The molecule has 2 aromatic rings. The Morgan fingerprint density at radius 2 is 1.92 bits per heavy atom.